The van der Waals surface area contributed by atoms with Crippen molar-refractivity contribution < 1.29 is 28.5 Å². The van der Waals surface area contributed by atoms with Crippen LogP contribution in [-0.4, -0.2) is 66.8 Å². The van der Waals surface area contributed by atoms with Crippen LogP contribution in [0, 0.1) is 0 Å². The maximum Gasteiger partial charge on any atom is 0.256 e. The summed E-state index contributed by atoms with van der Waals surface area (Å²) in [5.74, 6) is 1.39. The number of piperidine rings is 1. The molecule has 1 aromatic heterocycles. The zero-order valence-corrected chi connectivity index (χ0v) is 18.8. The number of aromatic nitrogens is 2. The third-order valence-electron chi connectivity index (χ3n) is 6.55. The standard InChI is InChI=1S/C24H25N3O6/c1-30-18-11-17-19(22(32-3)21(18)31-2)16(28)12-24(33-17)7-9-27(10-8-24)23(29)15-6-4-5-14-13-25-26-20(14)15/h4-6,11,13H,7-10,12H2,1-3H3,(H,25,26). The van der Waals surface area contributed by atoms with Crippen molar-refractivity contribution in [2.45, 2.75) is 24.9 Å². The molecule has 1 N–H and O–H groups in total. The largest absolute Gasteiger partial charge is 0.493 e. The van der Waals surface area contributed by atoms with Gasteiger partial charge in [0.1, 0.15) is 16.9 Å². The van der Waals surface area contributed by atoms with E-state index in [1.54, 1.807) is 23.2 Å². The highest BCUT2D eigenvalue weighted by Gasteiger charge is 2.46. The zero-order chi connectivity index (χ0) is 23.2. The van der Waals surface area contributed by atoms with Crippen molar-refractivity contribution in [3.05, 3.63) is 41.6 Å². The number of nitrogens with one attached hydrogen (secondary N) is 1. The summed E-state index contributed by atoms with van der Waals surface area (Å²) in [4.78, 5) is 28.2. The SMILES string of the molecule is COc1cc2c(c(OC)c1OC)C(=O)CC1(CCN(C(=O)c3cccc4cn[nH]c34)CC1)O2. The average Bonchev–Trinajstić information content (AvgIpc) is 3.31. The highest BCUT2D eigenvalue weighted by molar-refractivity contribution is 6.06. The molecule has 0 radical (unpaired) electrons. The summed E-state index contributed by atoms with van der Waals surface area (Å²) in [6, 6.07) is 7.24. The lowest BCUT2D eigenvalue weighted by molar-refractivity contribution is -0.00616. The van der Waals surface area contributed by atoms with Crippen LogP contribution in [-0.2, 0) is 0 Å². The highest BCUT2D eigenvalue weighted by Crippen LogP contribution is 2.50. The normalized spacial score (nSPS) is 16.9. The first-order chi connectivity index (χ1) is 16.0. The number of H-pyrrole nitrogens is 1. The Bertz CT molecular complexity index is 1240. The molecule has 0 saturated carbocycles. The fraction of sp³-hybridized carbons (Fsp3) is 0.375. The van der Waals surface area contributed by atoms with Crippen LogP contribution < -0.4 is 18.9 Å². The van der Waals surface area contributed by atoms with Gasteiger partial charge in [-0.05, 0) is 6.07 Å². The summed E-state index contributed by atoms with van der Waals surface area (Å²) >= 11 is 0. The molecule has 1 fully saturated rings. The minimum absolute atomic E-state index is 0.0599. The number of benzene rings is 2. The van der Waals surface area contributed by atoms with Crippen molar-refractivity contribution in [3.8, 4) is 23.0 Å². The molecule has 0 atom stereocenters. The van der Waals surface area contributed by atoms with Crippen molar-refractivity contribution >= 4 is 22.6 Å². The number of para-hydroxylation sites is 1. The van der Waals surface area contributed by atoms with Crippen LogP contribution >= 0.6 is 0 Å². The van der Waals surface area contributed by atoms with E-state index in [-0.39, 0.29) is 18.1 Å². The Morgan fingerprint density at radius 3 is 2.58 bits per heavy atom. The number of nitrogens with zero attached hydrogens (tertiary/aromatic N) is 2. The smallest absolute Gasteiger partial charge is 0.256 e. The molecule has 0 bridgehead atoms. The minimum atomic E-state index is -0.675. The van der Waals surface area contributed by atoms with Gasteiger partial charge in [-0.15, -0.1) is 0 Å². The Balaban J connectivity index is 1.39. The molecule has 172 valence electrons. The molecule has 9 nitrogen and oxygen atoms in total. The molecule has 3 aromatic rings. The van der Waals surface area contributed by atoms with Crippen molar-refractivity contribution in [3.63, 3.8) is 0 Å². The maximum absolute atomic E-state index is 13.2. The molecule has 0 unspecified atom stereocenters. The number of carbonyl (C=O) groups excluding carboxylic acids is 2. The number of carbonyl (C=O) groups is 2. The van der Waals surface area contributed by atoms with E-state index in [9.17, 15) is 9.59 Å². The van der Waals surface area contributed by atoms with Gasteiger partial charge in [-0.25, -0.2) is 0 Å². The van der Waals surface area contributed by atoms with Crippen LogP contribution in [0.1, 0.15) is 40.0 Å². The van der Waals surface area contributed by atoms with E-state index in [0.717, 1.165) is 10.9 Å². The zero-order valence-electron chi connectivity index (χ0n) is 18.8. The molecular formula is C24H25N3O6. The van der Waals surface area contributed by atoms with Crippen LogP contribution in [0.15, 0.2) is 30.5 Å². The van der Waals surface area contributed by atoms with Gasteiger partial charge in [0.2, 0.25) is 5.75 Å². The summed E-state index contributed by atoms with van der Waals surface area (Å²) < 4.78 is 22.7. The van der Waals surface area contributed by atoms with Gasteiger partial charge in [0, 0.05) is 37.4 Å². The van der Waals surface area contributed by atoms with Gasteiger partial charge in [-0.3, -0.25) is 14.7 Å². The number of ether oxygens (including phenoxy) is 4. The van der Waals surface area contributed by atoms with Crippen LogP contribution in [0.4, 0.5) is 0 Å². The van der Waals surface area contributed by atoms with Crippen LogP contribution in [0.3, 0.4) is 0 Å². The molecule has 0 aliphatic carbocycles. The predicted octanol–water partition coefficient (Wildman–Crippen LogP) is 3.23. The van der Waals surface area contributed by atoms with Crippen molar-refractivity contribution in [2.75, 3.05) is 34.4 Å². The summed E-state index contributed by atoms with van der Waals surface area (Å²) in [6.07, 6.45) is 3.00. The van der Waals surface area contributed by atoms with Gasteiger partial charge >= 0.3 is 0 Å². The predicted molar refractivity (Wildman–Crippen MR) is 120 cm³/mol. The first kappa shape index (κ1) is 21.1. The van der Waals surface area contributed by atoms with Crippen molar-refractivity contribution in [1.29, 1.82) is 0 Å². The van der Waals surface area contributed by atoms with E-state index >= 15 is 0 Å². The lowest BCUT2D eigenvalue weighted by Crippen LogP contribution is -2.52. The second kappa shape index (κ2) is 7.99. The minimum Gasteiger partial charge on any atom is -0.493 e. The molecule has 1 saturated heterocycles. The first-order valence-corrected chi connectivity index (χ1v) is 10.8. The van der Waals surface area contributed by atoms with E-state index in [4.69, 9.17) is 18.9 Å². The number of rotatable bonds is 4. The summed E-state index contributed by atoms with van der Waals surface area (Å²) in [6.45, 7) is 0.965. The maximum atomic E-state index is 13.2. The van der Waals surface area contributed by atoms with Gasteiger partial charge in [0.15, 0.2) is 17.3 Å². The van der Waals surface area contributed by atoms with Crippen molar-refractivity contribution in [1.82, 2.24) is 15.1 Å². The summed E-state index contributed by atoms with van der Waals surface area (Å²) in [5, 5.41) is 7.85. The Morgan fingerprint density at radius 2 is 1.88 bits per heavy atom. The van der Waals surface area contributed by atoms with Gasteiger partial charge in [-0.1, -0.05) is 12.1 Å². The van der Waals surface area contributed by atoms with Gasteiger partial charge in [-0.2, -0.15) is 5.10 Å². The molecule has 9 heteroatoms. The Hall–Kier alpha value is -3.75. The second-order valence-electron chi connectivity index (χ2n) is 8.34. The van der Waals surface area contributed by atoms with Crippen LogP contribution in [0.25, 0.3) is 10.9 Å². The molecular weight excluding hydrogens is 426 g/mol. The monoisotopic (exact) mass is 451 g/mol. The third-order valence-corrected chi connectivity index (χ3v) is 6.55. The third kappa shape index (κ3) is 3.35. The van der Waals surface area contributed by atoms with Gasteiger partial charge in [0.05, 0.1) is 45.0 Å². The summed E-state index contributed by atoms with van der Waals surface area (Å²) in [5.41, 5.74) is 1.01. The molecule has 2 aliphatic heterocycles. The highest BCUT2D eigenvalue weighted by atomic mass is 16.5. The number of amides is 1. The molecule has 33 heavy (non-hydrogen) atoms. The Kier molecular flexibility index (Phi) is 5.11. The summed E-state index contributed by atoms with van der Waals surface area (Å²) in [7, 11) is 4.51. The number of hydrogen-bond donors (Lipinski definition) is 1. The number of Topliss-reactive ketones (excluding diaryl/α,β-unsaturated/α-hetero) is 1. The number of ketones is 1. The van der Waals surface area contributed by atoms with E-state index in [1.807, 2.05) is 12.1 Å². The van der Waals surface area contributed by atoms with Crippen molar-refractivity contribution in [2.24, 2.45) is 0 Å². The van der Waals surface area contributed by atoms with E-state index in [1.165, 1.54) is 21.3 Å². The van der Waals surface area contributed by atoms with Gasteiger partial charge in [0.25, 0.3) is 5.91 Å². The fourth-order valence-electron chi connectivity index (χ4n) is 4.84. The Labute approximate surface area is 190 Å². The van der Waals surface area contributed by atoms with Gasteiger partial charge < -0.3 is 23.8 Å². The number of hydrogen-bond acceptors (Lipinski definition) is 7. The molecule has 1 amide bonds. The quantitative estimate of drug-likeness (QED) is 0.650. The Morgan fingerprint density at radius 1 is 1.12 bits per heavy atom. The fourth-order valence-corrected chi connectivity index (χ4v) is 4.84. The topological polar surface area (TPSA) is 103 Å². The lowest BCUT2D eigenvalue weighted by atomic mass is 9.82. The number of likely N-dealkylation sites (tertiary alicyclic amines) is 1. The molecule has 2 aliphatic rings. The first-order valence-electron chi connectivity index (χ1n) is 10.8. The van der Waals surface area contributed by atoms with E-state index < -0.39 is 5.60 Å². The second-order valence-corrected chi connectivity index (χ2v) is 8.34. The number of methoxy groups -OCH3 is 3. The van der Waals surface area contributed by atoms with Crippen LogP contribution in [0.2, 0.25) is 0 Å². The number of aromatic amines is 1. The molecule has 5 rings (SSSR count). The average molecular weight is 451 g/mol. The lowest BCUT2D eigenvalue weighted by Gasteiger charge is -2.44. The molecule has 1 spiro atoms. The molecule has 3 heterocycles. The van der Waals surface area contributed by atoms with E-state index in [0.29, 0.717) is 60.1 Å². The molecule has 2 aromatic carbocycles. The number of fused-ring (bicyclic) bond motifs is 2. The van der Waals surface area contributed by atoms with Crippen LogP contribution in [0.5, 0.6) is 23.0 Å². The van der Waals surface area contributed by atoms with E-state index in [2.05, 4.69) is 10.2 Å².